The van der Waals surface area contributed by atoms with E-state index < -0.39 is 0 Å². The molecule has 18 aromatic rings. The number of hydrogen-bond acceptors (Lipinski definition) is 16. The maximum absolute atomic E-state index is 13.6. The molecule has 24 heteroatoms. The summed E-state index contributed by atoms with van der Waals surface area (Å²) in [7, 11) is 0. The van der Waals surface area contributed by atoms with Crippen molar-refractivity contribution in [1.82, 2.24) is 77.4 Å². The maximum Gasteiger partial charge on any atom is 0.223 e. The first-order chi connectivity index (χ1) is 60.9. The lowest BCUT2D eigenvalue weighted by Gasteiger charge is -2.14. The minimum Gasteiger partial charge on any atom is -0.352 e. The number of nitrogens with one attached hydrogen (secondary N) is 4. The van der Waals surface area contributed by atoms with E-state index in [0.717, 1.165) is 165 Å². The Bertz CT molecular complexity index is 6800. The predicted molar refractivity (Wildman–Crippen MR) is 490 cm³/mol. The average molecular weight is 1670 g/mol. The molecule has 0 bridgehead atoms. The first-order valence-electron chi connectivity index (χ1n) is 42.5. The number of aryl methyl sites for hydroxylation is 6. The lowest BCUT2D eigenvalue weighted by Crippen LogP contribution is -2.16. The monoisotopic (exact) mass is 1660 g/mol. The van der Waals surface area contributed by atoms with Crippen molar-refractivity contribution in [2.45, 2.75) is 138 Å². The van der Waals surface area contributed by atoms with Gasteiger partial charge in [-0.2, -0.15) is 0 Å². The zero-order chi connectivity index (χ0) is 86.6. The minimum absolute atomic E-state index is 0.192. The molecule has 0 fully saturated rings. The molecule has 12 aromatic heterocycles. The van der Waals surface area contributed by atoms with E-state index in [1.54, 1.807) is 73.3 Å². The van der Waals surface area contributed by atoms with Crippen LogP contribution in [0.5, 0.6) is 0 Å². The van der Waals surface area contributed by atoms with Gasteiger partial charge in [0.05, 0.1) is 74.4 Å². The van der Waals surface area contributed by atoms with Crippen LogP contribution >= 0.6 is 0 Å². The van der Waals surface area contributed by atoms with Gasteiger partial charge in [-0.25, -0.2) is 77.4 Å². The number of fused-ring (bicyclic) bond motifs is 5. The fraction of sp³-hybridized carbons (Fsp3) is 0.208. The molecule has 0 saturated heterocycles. The minimum atomic E-state index is -0.276. The largest absolute Gasteiger partial charge is 0.352 e. The Kier molecular flexibility index (Phi) is 25.6. The van der Waals surface area contributed by atoms with Gasteiger partial charge in [0.1, 0.15) is 45.9 Å². The molecule has 2 unspecified atom stereocenters. The van der Waals surface area contributed by atoms with Crippen molar-refractivity contribution in [1.29, 1.82) is 0 Å². The van der Waals surface area contributed by atoms with E-state index in [1.807, 2.05) is 88.2 Å². The van der Waals surface area contributed by atoms with E-state index in [1.165, 1.54) is 93.0 Å². The quantitative estimate of drug-likeness (QED) is 0.0437. The van der Waals surface area contributed by atoms with Crippen LogP contribution in [0, 0.1) is 30.2 Å². The van der Waals surface area contributed by atoms with Gasteiger partial charge in [0.15, 0.2) is 0 Å². The van der Waals surface area contributed by atoms with Gasteiger partial charge in [-0.3, -0.25) is 17.6 Å². The fourth-order valence-electron chi connectivity index (χ4n) is 15.5. The van der Waals surface area contributed by atoms with Crippen LogP contribution in [0.15, 0.2) is 268 Å². The molecule has 628 valence electrons. The van der Waals surface area contributed by atoms with E-state index in [0.29, 0.717) is 30.3 Å². The van der Waals surface area contributed by atoms with Gasteiger partial charge in [0.2, 0.25) is 23.8 Å². The van der Waals surface area contributed by atoms with Crippen LogP contribution in [-0.2, 0) is 38.6 Å². The molecular weight excluding hydrogens is 1570 g/mol. The number of nitrogens with zero attached hydrogens (tertiary/aromatic N) is 16. The van der Waals surface area contributed by atoms with E-state index in [2.05, 4.69) is 179 Å². The molecule has 4 N–H and O–H groups in total. The Morgan fingerprint density at radius 1 is 0.376 bits per heavy atom. The summed E-state index contributed by atoms with van der Waals surface area (Å²) >= 11 is 0. The number of hydrogen-bond donors (Lipinski definition) is 4. The average Bonchev–Trinajstić information content (AvgIpc) is 1.63. The third kappa shape index (κ3) is 19.2. The van der Waals surface area contributed by atoms with Crippen LogP contribution in [0.2, 0.25) is 0 Å². The molecule has 0 radical (unpaired) electrons. The summed E-state index contributed by atoms with van der Waals surface area (Å²) in [4.78, 5) is 56.3. The number of halogens is 4. The molecular formula is C101H96F4N20. The van der Waals surface area contributed by atoms with Crippen LogP contribution in [0.1, 0.15) is 125 Å². The molecule has 125 heavy (non-hydrogen) atoms. The molecule has 0 saturated carbocycles. The van der Waals surface area contributed by atoms with Crippen molar-refractivity contribution in [3.63, 3.8) is 0 Å². The fourth-order valence-corrected chi connectivity index (χ4v) is 15.5. The van der Waals surface area contributed by atoms with Gasteiger partial charge in [-0.15, -0.1) is 0 Å². The Morgan fingerprint density at radius 2 is 0.720 bits per heavy atom. The Hall–Kier alpha value is -14.7. The highest BCUT2D eigenvalue weighted by Crippen LogP contribution is 2.40. The van der Waals surface area contributed by atoms with Gasteiger partial charge < -0.3 is 21.3 Å². The topological polar surface area (TPSA) is 220 Å². The molecule has 1 aliphatic carbocycles. The molecule has 0 amide bonds. The number of imidazole rings is 4. The van der Waals surface area contributed by atoms with Crippen molar-refractivity contribution >= 4 is 46.4 Å². The summed E-state index contributed by atoms with van der Waals surface area (Å²) in [5.41, 5.74) is 26.2. The SMILES string of the molecule is CCCC(C)Nc1nccc(-c2c(-c3ccc(F)cc3)nc3cc(CC)ccn23)n1.CCc1ccn2c(-c3ccnc(NC(C)C)n3)c(-c3ccc(F)cc3)nc2c1.CCc1ccn2c(-c3ccnc(NC4CCc5ccccc54)n3)c(-c3ccc(F)cc3)nc2c1.CCc1ccn2c(-c3ccnc(NCc4ccccc4C)n3)c(-c3ccc(F)cc3)nc2c1. The number of rotatable bonds is 23. The summed E-state index contributed by atoms with van der Waals surface area (Å²) in [6.45, 7) is 19.6. The van der Waals surface area contributed by atoms with E-state index in [4.69, 9.17) is 39.9 Å². The van der Waals surface area contributed by atoms with Crippen molar-refractivity contribution in [3.05, 3.63) is 336 Å². The van der Waals surface area contributed by atoms with Crippen LogP contribution < -0.4 is 21.3 Å². The molecule has 20 nitrogen and oxygen atoms in total. The van der Waals surface area contributed by atoms with Crippen molar-refractivity contribution in [2.24, 2.45) is 0 Å². The molecule has 2 atom stereocenters. The first kappa shape index (κ1) is 83.9. The highest BCUT2D eigenvalue weighted by molar-refractivity contribution is 5.85. The van der Waals surface area contributed by atoms with Crippen molar-refractivity contribution < 1.29 is 17.6 Å². The summed E-state index contributed by atoms with van der Waals surface area (Å²) in [6, 6.07) is 67.4. The maximum atomic E-state index is 13.6. The standard InChI is InChI=1S/C28H24FN5.C27H24FN5.C24H26FN5.C22H22FN5/c1-2-18-14-16-34-25(17-18)33-26(20-7-10-21(29)11-8-20)27(34)24-13-15-30-28(32-24)31-23-12-9-19-5-3-4-6-22(19)23;1-3-19-13-15-33-24(16-19)32-25(20-8-10-22(28)11-9-20)26(33)23-12-14-29-27(31-23)30-17-21-7-5-4-6-18(21)2;1-4-6-16(3)27-24-26-13-11-20(28-24)23-22(18-7-9-19(25)10-8-18)29-21-15-17(5-2)12-14-30(21)23;1-4-15-10-12-28-19(13-15)27-20(16-5-7-17(23)8-6-16)21(28)18-9-11-24-22(26-18)25-14(2)3/h3-8,10-11,13-17,23H,2,9,12H2,1H3,(H,30,31,32);4-16H,3,17H2,1-2H3,(H,29,30,31);7-16H,4-6H2,1-3H3,(H,26,27,28);5-14H,4H2,1-3H3,(H,24,25,26). The molecule has 19 rings (SSSR count). The number of pyridine rings is 4. The van der Waals surface area contributed by atoms with Crippen molar-refractivity contribution in [3.8, 4) is 90.6 Å². The summed E-state index contributed by atoms with van der Waals surface area (Å²) in [5, 5.41) is 13.5. The Morgan fingerprint density at radius 3 is 1.10 bits per heavy atom. The van der Waals surface area contributed by atoms with E-state index in [9.17, 15) is 17.6 Å². The van der Waals surface area contributed by atoms with Crippen LogP contribution in [0.3, 0.4) is 0 Å². The summed E-state index contributed by atoms with van der Waals surface area (Å²) in [6.07, 6.45) is 23.0. The van der Waals surface area contributed by atoms with E-state index >= 15 is 0 Å². The molecule has 1 aliphatic rings. The van der Waals surface area contributed by atoms with Gasteiger partial charge in [0.25, 0.3) is 0 Å². The normalized spacial score (nSPS) is 12.5. The highest BCUT2D eigenvalue weighted by atomic mass is 19.1. The second-order valence-corrected chi connectivity index (χ2v) is 31.1. The lowest BCUT2D eigenvalue weighted by atomic mass is 10.1. The Balaban J connectivity index is 0.000000123. The van der Waals surface area contributed by atoms with E-state index in [-0.39, 0.29) is 41.4 Å². The summed E-state index contributed by atoms with van der Waals surface area (Å²) < 4.78 is 62.3. The van der Waals surface area contributed by atoms with Crippen LogP contribution in [0.25, 0.3) is 113 Å². The zero-order valence-electron chi connectivity index (χ0n) is 71.2. The number of benzene rings is 6. The summed E-state index contributed by atoms with van der Waals surface area (Å²) in [5.74, 6) is 1.21. The second kappa shape index (κ2) is 38.2. The molecule has 0 aliphatic heterocycles. The first-order valence-corrected chi connectivity index (χ1v) is 42.5. The lowest BCUT2D eigenvalue weighted by molar-refractivity contribution is 0.627. The second-order valence-electron chi connectivity index (χ2n) is 31.1. The zero-order valence-corrected chi connectivity index (χ0v) is 71.2. The van der Waals surface area contributed by atoms with Gasteiger partial charge >= 0.3 is 0 Å². The van der Waals surface area contributed by atoms with Crippen molar-refractivity contribution in [2.75, 3.05) is 21.3 Å². The highest BCUT2D eigenvalue weighted by Gasteiger charge is 2.27. The molecule has 6 aromatic carbocycles. The Labute approximate surface area is 723 Å². The molecule has 12 heterocycles. The number of anilines is 4. The van der Waals surface area contributed by atoms with Gasteiger partial charge in [-0.1, -0.05) is 89.6 Å². The predicted octanol–water partition coefficient (Wildman–Crippen LogP) is 23.1. The van der Waals surface area contributed by atoms with Gasteiger partial charge in [0, 0.05) is 90.5 Å². The van der Waals surface area contributed by atoms with Gasteiger partial charge in [-0.05, 0) is 287 Å². The van der Waals surface area contributed by atoms with Crippen LogP contribution in [0.4, 0.5) is 41.4 Å². The smallest absolute Gasteiger partial charge is 0.223 e. The number of aromatic nitrogens is 16. The van der Waals surface area contributed by atoms with Crippen LogP contribution in [-0.4, -0.2) is 89.5 Å². The molecule has 0 spiro atoms. The third-order valence-electron chi connectivity index (χ3n) is 22.1. The third-order valence-corrected chi connectivity index (χ3v) is 22.1.